The van der Waals surface area contributed by atoms with Gasteiger partial charge in [0.15, 0.2) is 5.96 Å². The number of aliphatic hydroxyl groups is 1. The van der Waals surface area contributed by atoms with Crippen LogP contribution in [0, 0.1) is 0 Å². The number of hydrogen-bond donors (Lipinski definition) is 3. The summed E-state index contributed by atoms with van der Waals surface area (Å²) in [7, 11) is 2.02. The molecule has 7 heteroatoms. The second-order valence-electron chi connectivity index (χ2n) is 6.23. The molecule has 1 fully saturated rings. The Kier molecular flexibility index (Phi) is 10.4. The van der Waals surface area contributed by atoms with Crippen molar-refractivity contribution in [3.05, 3.63) is 24.0 Å². The van der Waals surface area contributed by atoms with Crippen LogP contribution >= 0.6 is 24.0 Å². The zero-order chi connectivity index (χ0) is 16.5. The summed E-state index contributed by atoms with van der Waals surface area (Å²) in [4.78, 5) is 7.06. The maximum Gasteiger partial charge on any atom is 0.191 e. The van der Waals surface area contributed by atoms with E-state index in [9.17, 15) is 5.11 Å². The number of nitrogens with zero attached hydrogens (tertiary/aromatic N) is 3. The Balaban J connectivity index is 0.00000288. The average Bonchev–Trinajstić information content (AvgIpc) is 2.96. The quantitative estimate of drug-likeness (QED) is 0.256. The summed E-state index contributed by atoms with van der Waals surface area (Å²) < 4.78 is 2.04. The van der Waals surface area contributed by atoms with Gasteiger partial charge in [0.1, 0.15) is 0 Å². The Bertz CT molecular complexity index is 483. The van der Waals surface area contributed by atoms with Gasteiger partial charge >= 0.3 is 0 Å². The van der Waals surface area contributed by atoms with Crippen LogP contribution in [0.1, 0.15) is 31.7 Å². The summed E-state index contributed by atoms with van der Waals surface area (Å²) in [5.74, 6) is 0.880. The minimum absolute atomic E-state index is 0. The fourth-order valence-electron chi connectivity index (χ4n) is 2.82. The molecule has 1 aliphatic rings. The molecule has 0 spiro atoms. The minimum atomic E-state index is -0.0881. The highest BCUT2D eigenvalue weighted by molar-refractivity contribution is 14.0. The highest BCUT2D eigenvalue weighted by Crippen LogP contribution is 2.09. The third kappa shape index (κ3) is 7.85. The van der Waals surface area contributed by atoms with E-state index in [-0.39, 0.29) is 30.1 Å². The van der Waals surface area contributed by atoms with Crippen molar-refractivity contribution in [1.29, 1.82) is 0 Å². The van der Waals surface area contributed by atoms with Crippen LogP contribution < -0.4 is 10.6 Å². The van der Waals surface area contributed by atoms with E-state index < -0.39 is 0 Å². The molecule has 0 aromatic carbocycles. The van der Waals surface area contributed by atoms with Crippen molar-refractivity contribution in [3.8, 4) is 0 Å². The van der Waals surface area contributed by atoms with Crippen LogP contribution in [0.4, 0.5) is 0 Å². The highest BCUT2D eigenvalue weighted by Gasteiger charge is 2.15. The third-order valence-corrected chi connectivity index (χ3v) is 4.16. The van der Waals surface area contributed by atoms with E-state index in [1.165, 1.54) is 5.56 Å². The molecule has 1 aliphatic heterocycles. The van der Waals surface area contributed by atoms with E-state index in [1.807, 2.05) is 17.8 Å². The molecular weight excluding hydrogens is 417 g/mol. The lowest BCUT2D eigenvalue weighted by molar-refractivity contribution is 0.0823. The molecule has 24 heavy (non-hydrogen) atoms. The average molecular weight is 449 g/mol. The summed E-state index contributed by atoms with van der Waals surface area (Å²) in [6, 6.07) is 2.10. The number of aliphatic hydroxyl groups excluding tert-OH is 1. The maximum absolute atomic E-state index is 9.52. The lowest BCUT2D eigenvalue weighted by atomic mass is 10.1. The van der Waals surface area contributed by atoms with Gasteiger partial charge in [-0.05, 0) is 44.4 Å². The number of aryl methyl sites for hydroxylation is 1. The highest BCUT2D eigenvalue weighted by atomic mass is 127. The molecule has 0 amide bonds. The van der Waals surface area contributed by atoms with Crippen molar-refractivity contribution >= 4 is 29.9 Å². The Labute approximate surface area is 162 Å². The molecule has 6 nitrogen and oxygen atoms in total. The summed E-state index contributed by atoms with van der Waals surface area (Å²) in [5, 5.41) is 16.2. The number of piperidine rings is 1. The van der Waals surface area contributed by atoms with Gasteiger partial charge in [0.2, 0.25) is 0 Å². The topological polar surface area (TPSA) is 64.8 Å². The molecule has 0 saturated carbocycles. The first-order valence-electron chi connectivity index (χ1n) is 8.71. The molecule has 0 aliphatic carbocycles. The molecule has 0 atom stereocenters. The summed E-state index contributed by atoms with van der Waals surface area (Å²) in [5.41, 5.74) is 1.22. The van der Waals surface area contributed by atoms with Crippen molar-refractivity contribution in [2.75, 3.05) is 32.7 Å². The molecule has 1 aromatic rings. The SMILES string of the molecule is CCNC(=NCc1ccn(C)c1)NCCCN1CCC(O)CC1.I. The first kappa shape index (κ1) is 21.2. The first-order valence-corrected chi connectivity index (χ1v) is 8.71. The van der Waals surface area contributed by atoms with Gasteiger partial charge < -0.3 is 25.2 Å². The van der Waals surface area contributed by atoms with E-state index in [0.29, 0.717) is 6.54 Å². The van der Waals surface area contributed by atoms with E-state index in [4.69, 9.17) is 0 Å². The van der Waals surface area contributed by atoms with Gasteiger partial charge in [0.05, 0.1) is 12.6 Å². The lowest BCUT2D eigenvalue weighted by Crippen LogP contribution is -2.40. The summed E-state index contributed by atoms with van der Waals surface area (Å²) >= 11 is 0. The number of likely N-dealkylation sites (tertiary alicyclic amines) is 1. The van der Waals surface area contributed by atoms with Crippen molar-refractivity contribution in [3.63, 3.8) is 0 Å². The van der Waals surface area contributed by atoms with Crippen LogP contribution in [0.2, 0.25) is 0 Å². The molecule has 138 valence electrons. The van der Waals surface area contributed by atoms with E-state index >= 15 is 0 Å². The van der Waals surface area contributed by atoms with E-state index in [2.05, 4.69) is 39.7 Å². The van der Waals surface area contributed by atoms with Crippen molar-refractivity contribution in [1.82, 2.24) is 20.1 Å². The van der Waals surface area contributed by atoms with Crippen LogP contribution in [-0.4, -0.2) is 59.4 Å². The molecule has 1 aromatic heterocycles. The monoisotopic (exact) mass is 449 g/mol. The summed E-state index contributed by atoms with van der Waals surface area (Å²) in [6.45, 7) is 7.67. The van der Waals surface area contributed by atoms with Gasteiger partial charge in [-0.3, -0.25) is 0 Å². The third-order valence-electron chi connectivity index (χ3n) is 4.16. The normalized spacial score (nSPS) is 16.7. The largest absolute Gasteiger partial charge is 0.393 e. The van der Waals surface area contributed by atoms with Gasteiger partial charge in [-0.15, -0.1) is 24.0 Å². The second-order valence-corrected chi connectivity index (χ2v) is 6.23. The van der Waals surface area contributed by atoms with Crippen LogP contribution in [0.15, 0.2) is 23.5 Å². The number of rotatable bonds is 7. The molecule has 0 bridgehead atoms. The van der Waals surface area contributed by atoms with Gasteiger partial charge in [-0.2, -0.15) is 0 Å². The van der Waals surface area contributed by atoms with Crippen molar-refractivity contribution in [2.45, 2.75) is 38.8 Å². The smallest absolute Gasteiger partial charge is 0.191 e. The Morgan fingerprint density at radius 3 is 2.71 bits per heavy atom. The molecule has 3 N–H and O–H groups in total. The number of halogens is 1. The molecular formula is C17H32IN5O. The zero-order valence-electron chi connectivity index (χ0n) is 14.9. The number of hydrogen-bond acceptors (Lipinski definition) is 3. The molecule has 1 saturated heterocycles. The fourth-order valence-corrected chi connectivity index (χ4v) is 2.82. The predicted octanol–water partition coefficient (Wildman–Crippen LogP) is 1.54. The number of nitrogens with one attached hydrogen (secondary N) is 2. The number of aromatic nitrogens is 1. The van der Waals surface area contributed by atoms with Crippen LogP contribution in [-0.2, 0) is 13.6 Å². The standard InChI is InChI=1S/C17H31N5O.HI/c1-3-18-17(20-13-15-5-10-21(2)14-15)19-8-4-9-22-11-6-16(23)7-12-22;/h5,10,14,16,23H,3-4,6-9,11-13H2,1-2H3,(H2,18,19,20);1H. The van der Waals surface area contributed by atoms with Gasteiger partial charge in [0.25, 0.3) is 0 Å². The Hall–Kier alpha value is -0.800. The fraction of sp³-hybridized carbons (Fsp3) is 0.706. The number of aliphatic imine (C=N–C) groups is 1. The Morgan fingerprint density at radius 1 is 1.33 bits per heavy atom. The van der Waals surface area contributed by atoms with Gasteiger partial charge in [-0.25, -0.2) is 4.99 Å². The minimum Gasteiger partial charge on any atom is -0.393 e. The van der Waals surface area contributed by atoms with Gasteiger partial charge in [-0.1, -0.05) is 0 Å². The maximum atomic E-state index is 9.52. The number of guanidine groups is 1. The van der Waals surface area contributed by atoms with E-state index in [0.717, 1.165) is 57.9 Å². The second kappa shape index (κ2) is 11.7. The van der Waals surface area contributed by atoms with Crippen molar-refractivity contribution < 1.29 is 5.11 Å². The zero-order valence-corrected chi connectivity index (χ0v) is 17.2. The molecule has 0 radical (unpaired) electrons. The van der Waals surface area contributed by atoms with Crippen LogP contribution in [0.25, 0.3) is 0 Å². The van der Waals surface area contributed by atoms with Crippen LogP contribution in [0.3, 0.4) is 0 Å². The van der Waals surface area contributed by atoms with E-state index in [1.54, 1.807) is 0 Å². The lowest BCUT2D eigenvalue weighted by Gasteiger charge is -2.29. The predicted molar refractivity (Wildman–Crippen MR) is 110 cm³/mol. The Morgan fingerprint density at radius 2 is 2.08 bits per heavy atom. The van der Waals surface area contributed by atoms with Crippen LogP contribution in [0.5, 0.6) is 0 Å². The summed E-state index contributed by atoms with van der Waals surface area (Å²) in [6.07, 6.45) is 6.96. The molecule has 0 unspecified atom stereocenters. The molecule has 2 rings (SSSR count). The first-order chi connectivity index (χ1) is 11.2. The molecule has 2 heterocycles. The van der Waals surface area contributed by atoms with Gasteiger partial charge in [0, 0.05) is 45.6 Å². The van der Waals surface area contributed by atoms with Crippen molar-refractivity contribution in [2.24, 2.45) is 12.0 Å².